The van der Waals surface area contributed by atoms with Crippen LogP contribution in [0.15, 0.2) is 22.7 Å². The van der Waals surface area contributed by atoms with Gasteiger partial charge in [0.1, 0.15) is 5.75 Å². The van der Waals surface area contributed by atoms with E-state index < -0.39 is 0 Å². The molecule has 0 saturated heterocycles. The van der Waals surface area contributed by atoms with Crippen molar-refractivity contribution in [1.29, 1.82) is 0 Å². The van der Waals surface area contributed by atoms with Crippen LogP contribution in [0.2, 0.25) is 0 Å². The Morgan fingerprint density at radius 1 is 1.44 bits per heavy atom. The van der Waals surface area contributed by atoms with E-state index in [9.17, 15) is 0 Å². The molecule has 1 atom stereocenters. The molecule has 2 nitrogen and oxygen atoms in total. The molecular weight excluding hydrogens is 266 g/mol. The molecule has 16 heavy (non-hydrogen) atoms. The van der Waals surface area contributed by atoms with E-state index in [1.807, 2.05) is 19.2 Å². The Morgan fingerprint density at radius 2 is 2.19 bits per heavy atom. The first-order chi connectivity index (χ1) is 7.63. The highest BCUT2D eigenvalue weighted by atomic mass is 79.9. The van der Waals surface area contributed by atoms with Crippen LogP contribution in [0.5, 0.6) is 5.75 Å². The van der Waals surface area contributed by atoms with Gasteiger partial charge in [0, 0.05) is 4.47 Å². The molecule has 0 spiro atoms. The van der Waals surface area contributed by atoms with E-state index in [0.717, 1.165) is 29.6 Å². The Labute approximate surface area is 107 Å². The number of rotatable bonds is 6. The highest BCUT2D eigenvalue weighted by molar-refractivity contribution is 9.10. The Kier molecular flexibility index (Phi) is 5.85. The fourth-order valence-electron chi connectivity index (χ4n) is 1.59. The van der Waals surface area contributed by atoms with Gasteiger partial charge in [0.25, 0.3) is 0 Å². The lowest BCUT2D eigenvalue weighted by Crippen LogP contribution is -2.16. The number of nitrogens with one attached hydrogen (secondary N) is 1. The predicted octanol–water partition coefficient (Wildman–Crippen LogP) is 3.52. The summed E-state index contributed by atoms with van der Waals surface area (Å²) in [5, 5.41) is 3.14. The first-order valence-electron chi connectivity index (χ1n) is 5.71. The first-order valence-corrected chi connectivity index (χ1v) is 6.50. The molecule has 1 N–H and O–H groups in total. The summed E-state index contributed by atoms with van der Waals surface area (Å²) >= 11 is 3.45. The largest absolute Gasteiger partial charge is 0.490 e. The molecule has 0 saturated carbocycles. The molecule has 0 heterocycles. The summed E-state index contributed by atoms with van der Waals surface area (Å²) in [4.78, 5) is 0. The summed E-state index contributed by atoms with van der Waals surface area (Å²) in [5.74, 6) is 0.986. The number of benzene rings is 1. The topological polar surface area (TPSA) is 21.3 Å². The maximum Gasteiger partial charge on any atom is 0.122 e. The van der Waals surface area contributed by atoms with Crippen LogP contribution in [0, 0.1) is 6.92 Å². The third-order valence-electron chi connectivity index (χ3n) is 2.50. The van der Waals surface area contributed by atoms with Crippen LogP contribution in [0.3, 0.4) is 0 Å². The lowest BCUT2D eigenvalue weighted by atomic mass is 10.2. The van der Waals surface area contributed by atoms with Gasteiger partial charge in [-0.2, -0.15) is 0 Å². The van der Waals surface area contributed by atoms with Crippen LogP contribution in [0.1, 0.15) is 25.3 Å². The number of hydrogen-bond acceptors (Lipinski definition) is 2. The summed E-state index contributed by atoms with van der Waals surface area (Å²) < 4.78 is 7.00. The van der Waals surface area contributed by atoms with Crippen molar-refractivity contribution in [1.82, 2.24) is 5.32 Å². The maximum atomic E-state index is 5.90. The molecule has 3 heteroatoms. The zero-order valence-electron chi connectivity index (χ0n) is 10.2. The second kappa shape index (κ2) is 6.92. The summed E-state index contributed by atoms with van der Waals surface area (Å²) in [6.45, 7) is 5.24. The van der Waals surface area contributed by atoms with Crippen LogP contribution in [0.25, 0.3) is 0 Å². The molecule has 0 bridgehead atoms. The van der Waals surface area contributed by atoms with Gasteiger partial charge in [-0.3, -0.25) is 0 Å². The van der Waals surface area contributed by atoms with Crippen LogP contribution in [-0.4, -0.2) is 19.7 Å². The van der Waals surface area contributed by atoms with Crippen molar-refractivity contribution >= 4 is 15.9 Å². The van der Waals surface area contributed by atoms with E-state index in [1.54, 1.807) is 0 Å². The van der Waals surface area contributed by atoms with E-state index in [2.05, 4.69) is 41.2 Å². The molecule has 1 aromatic rings. The van der Waals surface area contributed by atoms with Crippen molar-refractivity contribution in [2.24, 2.45) is 0 Å². The summed E-state index contributed by atoms with van der Waals surface area (Å²) in [5.41, 5.74) is 1.18. The molecule has 0 aliphatic heterocycles. The van der Waals surface area contributed by atoms with Crippen molar-refractivity contribution in [3.8, 4) is 5.75 Å². The zero-order chi connectivity index (χ0) is 12.0. The van der Waals surface area contributed by atoms with Crippen molar-refractivity contribution in [3.05, 3.63) is 28.2 Å². The SMILES string of the molecule is CNCCCC(C)Oc1ccc(Br)cc1C. The van der Waals surface area contributed by atoms with Gasteiger partial charge in [-0.15, -0.1) is 0 Å². The Bertz CT molecular complexity index is 328. The number of halogens is 1. The van der Waals surface area contributed by atoms with Gasteiger partial charge >= 0.3 is 0 Å². The van der Waals surface area contributed by atoms with Gasteiger partial charge in [0.2, 0.25) is 0 Å². The highest BCUT2D eigenvalue weighted by Gasteiger charge is 2.06. The zero-order valence-corrected chi connectivity index (χ0v) is 11.8. The van der Waals surface area contributed by atoms with E-state index in [4.69, 9.17) is 4.74 Å². The number of hydrogen-bond donors (Lipinski definition) is 1. The fourth-order valence-corrected chi connectivity index (χ4v) is 2.06. The third-order valence-corrected chi connectivity index (χ3v) is 3.00. The third kappa shape index (κ3) is 4.54. The van der Waals surface area contributed by atoms with Crippen molar-refractivity contribution in [2.45, 2.75) is 32.8 Å². The van der Waals surface area contributed by atoms with E-state index in [0.29, 0.717) is 0 Å². The van der Waals surface area contributed by atoms with Gasteiger partial charge in [0.15, 0.2) is 0 Å². The first kappa shape index (κ1) is 13.5. The van der Waals surface area contributed by atoms with E-state index in [-0.39, 0.29) is 6.10 Å². The Balaban J connectivity index is 2.46. The van der Waals surface area contributed by atoms with Crippen LogP contribution in [-0.2, 0) is 0 Å². The van der Waals surface area contributed by atoms with Crippen LogP contribution < -0.4 is 10.1 Å². The quantitative estimate of drug-likeness (QED) is 0.808. The van der Waals surface area contributed by atoms with E-state index in [1.165, 1.54) is 5.56 Å². The Hall–Kier alpha value is -0.540. The Morgan fingerprint density at radius 3 is 2.81 bits per heavy atom. The van der Waals surface area contributed by atoms with Gasteiger partial charge < -0.3 is 10.1 Å². The van der Waals surface area contributed by atoms with Gasteiger partial charge in [0.05, 0.1) is 6.10 Å². The molecule has 0 fully saturated rings. The normalized spacial score (nSPS) is 12.5. The molecule has 0 aliphatic rings. The average molecular weight is 286 g/mol. The number of ether oxygens (including phenoxy) is 1. The monoisotopic (exact) mass is 285 g/mol. The molecule has 0 radical (unpaired) electrons. The second-order valence-electron chi connectivity index (χ2n) is 4.08. The average Bonchev–Trinajstić information content (AvgIpc) is 2.23. The molecule has 1 unspecified atom stereocenters. The second-order valence-corrected chi connectivity index (χ2v) is 5.00. The minimum atomic E-state index is 0.272. The van der Waals surface area contributed by atoms with Gasteiger partial charge in [-0.1, -0.05) is 15.9 Å². The van der Waals surface area contributed by atoms with Crippen molar-refractivity contribution in [2.75, 3.05) is 13.6 Å². The van der Waals surface area contributed by atoms with Crippen molar-refractivity contribution < 1.29 is 4.74 Å². The highest BCUT2D eigenvalue weighted by Crippen LogP contribution is 2.23. The molecule has 1 rings (SSSR count). The maximum absolute atomic E-state index is 5.90. The lowest BCUT2D eigenvalue weighted by molar-refractivity contribution is 0.206. The molecule has 1 aromatic carbocycles. The van der Waals surface area contributed by atoms with E-state index >= 15 is 0 Å². The predicted molar refractivity (Wildman–Crippen MR) is 72.1 cm³/mol. The molecule has 0 amide bonds. The minimum absolute atomic E-state index is 0.272. The smallest absolute Gasteiger partial charge is 0.122 e. The molecule has 0 aromatic heterocycles. The van der Waals surface area contributed by atoms with Crippen LogP contribution >= 0.6 is 15.9 Å². The minimum Gasteiger partial charge on any atom is -0.490 e. The standard InChI is InChI=1S/C13H20BrNO/c1-10-9-12(14)6-7-13(10)16-11(2)5-4-8-15-3/h6-7,9,11,15H,4-5,8H2,1-3H3. The van der Waals surface area contributed by atoms with Crippen molar-refractivity contribution in [3.63, 3.8) is 0 Å². The molecule has 90 valence electrons. The van der Waals surface area contributed by atoms with Crippen LogP contribution in [0.4, 0.5) is 0 Å². The van der Waals surface area contributed by atoms with Gasteiger partial charge in [-0.25, -0.2) is 0 Å². The summed E-state index contributed by atoms with van der Waals surface area (Å²) in [6.07, 6.45) is 2.50. The van der Waals surface area contributed by atoms with Gasteiger partial charge in [-0.05, 0) is 64.0 Å². The molecule has 0 aliphatic carbocycles. The summed E-state index contributed by atoms with van der Waals surface area (Å²) in [6, 6.07) is 6.12. The fraction of sp³-hybridized carbons (Fsp3) is 0.538. The molecular formula is C13H20BrNO. The lowest BCUT2D eigenvalue weighted by Gasteiger charge is -2.16. The summed E-state index contributed by atoms with van der Waals surface area (Å²) in [7, 11) is 1.98. The number of aryl methyl sites for hydroxylation is 1.